The first-order valence-electron chi connectivity index (χ1n) is 3.65. The number of ether oxygens (including phenoxy) is 1. The highest BCUT2D eigenvalue weighted by molar-refractivity contribution is 4.88. The lowest BCUT2D eigenvalue weighted by molar-refractivity contribution is -0.279. The molecule has 0 aromatic carbocycles. The van der Waals surface area contributed by atoms with E-state index in [-0.39, 0.29) is 6.54 Å². The van der Waals surface area contributed by atoms with Crippen LogP contribution in [-0.2, 0) is 4.74 Å². The molecule has 1 heterocycles. The third-order valence-corrected chi connectivity index (χ3v) is 1.92. The lowest BCUT2D eigenvalue weighted by Crippen LogP contribution is -2.59. The Hall–Kier alpha value is -0.240. The second kappa shape index (κ2) is 3.65. The van der Waals surface area contributed by atoms with Crippen LogP contribution in [0.1, 0.15) is 0 Å². The fourth-order valence-electron chi connectivity index (χ4n) is 1.13. The van der Waals surface area contributed by atoms with Crippen LogP contribution >= 0.6 is 0 Å². The summed E-state index contributed by atoms with van der Waals surface area (Å²) in [6.45, 7) is -0.0258. The van der Waals surface area contributed by atoms with Crippen molar-refractivity contribution >= 4 is 0 Å². The molecule has 5 atom stereocenters. The van der Waals surface area contributed by atoms with Gasteiger partial charge >= 0.3 is 0 Å². The van der Waals surface area contributed by atoms with Crippen molar-refractivity contribution in [1.29, 1.82) is 0 Å². The van der Waals surface area contributed by atoms with E-state index in [0.717, 1.165) is 0 Å². The average molecular weight is 179 g/mol. The second-order valence-electron chi connectivity index (χ2n) is 2.77. The van der Waals surface area contributed by atoms with Crippen molar-refractivity contribution in [3.63, 3.8) is 0 Å². The van der Waals surface area contributed by atoms with Gasteiger partial charge < -0.3 is 30.9 Å². The maximum atomic E-state index is 9.20. The minimum absolute atomic E-state index is 0.0258. The quantitative estimate of drug-likeness (QED) is 0.288. The Kier molecular flexibility index (Phi) is 2.99. The van der Waals surface area contributed by atoms with Crippen molar-refractivity contribution in [2.24, 2.45) is 5.73 Å². The molecule has 0 spiro atoms. The Morgan fingerprint density at radius 3 is 2.08 bits per heavy atom. The van der Waals surface area contributed by atoms with Gasteiger partial charge in [0.25, 0.3) is 0 Å². The van der Waals surface area contributed by atoms with Crippen LogP contribution in [0.3, 0.4) is 0 Å². The maximum Gasteiger partial charge on any atom is 0.184 e. The van der Waals surface area contributed by atoms with Crippen molar-refractivity contribution < 1.29 is 25.2 Å². The zero-order chi connectivity index (χ0) is 9.30. The topological polar surface area (TPSA) is 116 Å². The van der Waals surface area contributed by atoms with Gasteiger partial charge in [0, 0.05) is 6.54 Å². The molecule has 0 aromatic heterocycles. The molecular weight excluding hydrogens is 166 g/mol. The van der Waals surface area contributed by atoms with Gasteiger partial charge in [0.15, 0.2) is 6.29 Å². The first-order chi connectivity index (χ1) is 5.57. The predicted octanol–water partition coefficient (Wildman–Crippen LogP) is -3.25. The molecule has 0 bridgehead atoms. The molecule has 0 amide bonds. The van der Waals surface area contributed by atoms with Gasteiger partial charge in [-0.1, -0.05) is 0 Å². The number of aliphatic hydroxyl groups excluding tert-OH is 4. The van der Waals surface area contributed by atoms with E-state index >= 15 is 0 Å². The summed E-state index contributed by atoms with van der Waals surface area (Å²) in [6.07, 6.45) is -6.48. The number of rotatable bonds is 1. The minimum atomic E-state index is -1.49. The highest BCUT2D eigenvalue weighted by atomic mass is 16.6. The van der Waals surface area contributed by atoms with E-state index in [2.05, 4.69) is 0 Å². The van der Waals surface area contributed by atoms with Gasteiger partial charge in [0.1, 0.15) is 24.4 Å². The van der Waals surface area contributed by atoms with Gasteiger partial charge in [0.2, 0.25) is 0 Å². The Labute approximate surface area is 69.2 Å². The van der Waals surface area contributed by atoms with Crippen LogP contribution in [0.25, 0.3) is 0 Å². The zero-order valence-electron chi connectivity index (χ0n) is 6.37. The summed E-state index contributed by atoms with van der Waals surface area (Å²) in [5.41, 5.74) is 5.17. The van der Waals surface area contributed by atoms with Crippen LogP contribution in [0.5, 0.6) is 0 Å². The first kappa shape index (κ1) is 9.85. The van der Waals surface area contributed by atoms with Crippen molar-refractivity contribution in [1.82, 2.24) is 0 Å². The highest BCUT2D eigenvalue weighted by Gasteiger charge is 2.42. The highest BCUT2D eigenvalue weighted by Crippen LogP contribution is 2.18. The Morgan fingerprint density at radius 1 is 1.00 bits per heavy atom. The summed E-state index contributed by atoms with van der Waals surface area (Å²) < 4.78 is 4.70. The lowest BCUT2D eigenvalue weighted by atomic mass is 9.99. The van der Waals surface area contributed by atoms with E-state index in [1.807, 2.05) is 0 Å². The van der Waals surface area contributed by atoms with Crippen LogP contribution in [0.2, 0.25) is 0 Å². The van der Waals surface area contributed by atoms with E-state index < -0.39 is 30.7 Å². The monoisotopic (exact) mass is 179 g/mol. The predicted molar refractivity (Wildman–Crippen MR) is 38.0 cm³/mol. The van der Waals surface area contributed by atoms with Gasteiger partial charge in [-0.05, 0) is 0 Å². The molecule has 1 rings (SSSR count). The normalized spacial score (nSPS) is 49.2. The molecule has 6 nitrogen and oxygen atoms in total. The molecule has 6 N–H and O–H groups in total. The summed E-state index contributed by atoms with van der Waals surface area (Å²) in [6, 6.07) is 0. The largest absolute Gasteiger partial charge is 0.388 e. The van der Waals surface area contributed by atoms with E-state index in [0.29, 0.717) is 0 Å². The molecular formula is C6H13NO5. The molecule has 2 unspecified atom stereocenters. The molecule has 0 radical (unpaired) electrons. The molecule has 0 aliphatic carbocycles. The van der Waals surface area contributed by atoms with Gasteiger partial charge in [0.05, 0.1) is 0 Å². The number of hydrogen-bond acceptors (Lipinski definition) is 6. The van der Waals surface area contributed by atoms with Crippen LogP contribution in [0.4, 0.5) is 0 Å². The smallest absolute Gasteiger partial charge is 0.184 e. The molecule has 72 valence electrons. The zero-order valence-corrected chi connectivity index (χ0v) is 6.37. The maximum absolute atomic E-state index is 9.20. The summed E-state index contributed by atoms with van der Waals surface area (Å²) in [7, 11) is 0. The van der Waals surface area contributed by atoms with E-state index in [9.17, 15) is 5.11 Å². The van der Waals surface area contributed by atoms with E-state index in [1.54, 1.807) is 0 Å². The summed E-state index contributed by atoms with van der Waals surface area (Å²) in [5, 5.41) is 36.3. The summed E-state index contributed by atoms with van der Waals surface area (Å²) in [4.78, 5) is 0. The molecule has 1 saturated heterocycles. The number of nitrogens with two attached hydrogens (primary N) is 1. The molecule has 1 aliphatic rings. The third kappa shape index (κ3) is 1.58. The standard InChI is InChI=1S/C6H13NO5/c7-1-2-3(8)4(9)5(10)6(11)12-2/h2-6,8-11H,1,7H2/t2?,3-,4+,5?,6+/m1/s1. The molecule has 1 fully saturated rings. The molecule has 0 saturated carbocycles. The molecule has 1 aliphatic heterocycles. The Bertz CT molecular complexity index is 150. The van der Waals surface area contributed by atoms with E-state index in [4.69, 9.17) is 25.8 Å². The SMILES string of the molecule is NCC1O[C@H](O)C(O)[C@@H](O)[C@@H]1O. The minimum Gasteiger partial charge on any atom is -0.388 e. The Morgan fingerprint density at radius 2 is 1.58 bits per heavy atom. The van der Waals surface area contributed by atoms with Crippen molar-refractivity contribution in [2.45, 2.75) is 30.7 Å². The average Bonchev–Trinajstić information content (AvgIpc) is 2.08. The third-order valence-electron chi connectivity index (χ3n) is 1.92. The number of aliphatic hydroxyl groups is 4. The first-order valence-corrected chi connectivity index (χ1v) is 3.65. The van der Waals surface area contributed by atoms with Crippen LogP contribution in [-0.4, -0.2) is 57.7 Å². The fourth-order valence-corrected chi connectivity index (χ4v) is 1.13. The van der Waals surface area contributed by atoms with Gasteiger partial charge in [-0.2, -0.15) is 0 Å². The molecule has 0 aromatic rings. The fraction of sp³-hybridized carbons (Fsp3) is 1.00. The van der Waals surface area contributed by atoms with Crippen molar-refractivity contribution in [3.8, 4) is 0 Å². The van der Waals surface area contributed by atoms with Gasteiger partial charge in [-0.15, -0.1) is 0 Å². The molecule has 12 heavy (non-hydrogen) atoms. The van der Waals surface area contributed by atoms with Crippen molar-refractivity contribution in [3.05, 3.63) is 0 Å². The second-order valence-corrected chi connectivity index (χ2v) is 2.77. The van der Waals surface area contributed by atoms with Crippen LogP contribution < -0.4 is 5.73 Å². The van der Waals surface area contributed by atoms with Crippen LogP contribution in [0.15, 0.2) is 0 Å². The summed E-state index contributed by atoms with van der Waals surface area (Å²) in [5.74, 6) is 0. The number of hydrogen-bond donors (Lipinski definition) is 5. The van der Waals surface area contributed by atoms with E-state index in [1.165, 1.54) is 0 Å². The van der Waals surface area contributed by atoms with Gasteiger partial charge in [-0.3, -0.25) is 0 Å². The summed E-state index contributed by atoms with van der Waals surface area (Å²) >= 11 is 0. The molecule has 6 heteroatoms. The van der Waals surface area contributed by atoms with Crippen molar-refractivity contribution in [2.75, 3.05) is 6.54 Å². The van der Waals surface area contributed by atoms with Gasteiger partial charge in [-0.25, -0.2) is 0 Å². The van der Waals surface area contributed by atoms with Crippen LogP contribution in [0, 0.1) is 0 Å². The Balaban J connectivity index is 2.63. The lowest BCUT2D eigenvalue weighted by Gasteiger charge is -2.37.